The van der Waals surface area contributed by atoms with Gasteiger partial charge in [0.05, 0.1) is 0 Å². The van der Waals surface area contributed by atoms with Crippen LogP contribution in [0.1, 0.15) is 12.0 Å². The van der Waals surface area contributed by atoms with Crippen LogP contribution in [0.25, 0.3) is 11.1 Å². The third-order valence-corrected chi connectivity index (χ3v) is 2.48. The summed E-state index contributed by atoms with van der Waals surface area (Å²) in [6, 6.07) is 7.96. The van der Waals surface area contributed by atoms with Crippen LogP contribution in [0.5, 0.6) is 0 Å². The van der Waals surface area contributed by atoms with Crippen LogP contribution in [0.2, 0.25) is 0 Å². The molecule has 0 bridgehead atoms. The number of amides is 1. The molecule has 1 aromatic carbocycles. The molecule has 0 atom stereocenters. The third-order valence-electron chi connectivity index (χ3n) is 2.48. The maximum atomic E-state index is 10.7. The van der Waals surface area contributed by atoms with E-state index in [0.717, 1.165) is 16.7 Å². The molecule has 86 valence electrons. The van der Waals surface area contributed by atoms with E-state index in [1.54, 1.807) is 12.4 Å². The molecule has 0 fully saturated rings. The molecule has 4 heteroatoms. The van der Waals surface area contributed by atoms with Crippen molar-refractivity contribution in [2.24, 2.45) is 5.73 Å². The number of carbonyl (C=O) groups excluding carboxylic acids is 1. The lowest BCUT2D eigenvalue weighted by atomic mass is 10.0. The molecule has 0 radical (unpaired) electrons. The SMILES string of the molecule is NC(=O)CCc1cccc(-c2cncnc2)c1. The highest BCUT2D eigenvalue weighted by molar-refractivity contribution is 5.74. The maximum Gasteiger partial charge on any atom is 0.217 e. The second-order valence-corrected chi connectivity index (χ2v) is 3.79. The first kappa shape index (κ1) is 11.3. The van der Waals surface area contributed by atoms with Gasteiger partial charge in [-0.2, -0.15) is 0 Å². The van der Waals surface area contributed by atoms with Crippen LogP contribution in [-0.2, 0) is 11.2 Å². The fourth-order valence-corrected chi connectivity index (χ4v) is 1.62. The Morgan fingerprint density at radius 3 is 2.65 bits per heavy atom. The van der Waals surface area contributed by atoms with E-state index in [1.807, 2.05) is 24.3 Å². The second kappa shape index (κ2) is 5.21. The summed E-state index contributed by atoms with van der Waals surface area (Å²) in [5, 5.41) is 0. The Morgan fingerprint density at radius 2 is 1.94 bits per heavy atom. The van der Waals surface area contributed by atoms with Crippen LogP contribution < -0.4 is 5.73 Å². The Balaban J connectivity index is 2.20. The van der Waals surface area contributed by atoms with Crippen molar-refractivity contribution in [3.63, 3.8) is 0 Å². The van der Waals surface area contributed by atoms with Gasteiger partial charge in [0, 0.05) is 24.4 Å². The van der Waals surface area contributed by atoms with Gasteiger partial charge >= 0.3 is 0 Å². The predicted octanol–water partition coefficient (Wildman–Crippen LogP) is 1.56. The van der Waals surface area contributed by atoms with E-state index in [0.29, 0.717) is 12.8 Å². The lowest BCUT2D eigenvalue weighted by Crippen LogP contribution is -2.11. The van der Waals surface area contributed by atoms with Gasteiger partial charge in [-0.3, -0.25) is 4.79 Å². The lowest BCUT2D eigenvalue weighted by Gasteiger charge is -2.03. The number of aryl methyl sites for hydroxylation is 1. The number of nitrogens with zero attached hydrogens (tertiary/aromatic N) is 2. The predicted molar refractivity (Wildman–Crippen MR) is 65.0 cm³/mol. The Hall–Kier alpha value is -2.23. The van der Waals surface area contributed by atoms with E-state index < -0.39 is 0 Å². The Bertz CT molecular complexity index is 511. The van der Waals surface area contributed by atoms with Gasteiger partial charge in [0.2, 0.25) is 5.91 Å². The van der Waals surface area contributed by atoms with Gasteiger partial charge in [0.25, 0.3) is 0 Å². The smallest absolute Gasteiger partial charge is 0.217 e. The molecule has 0 aliphatic carbocycles. The molecule has 0 spiro atoms. The van der Waals surface area contributed by atoms with Crippen LogP contribution in [0.15, 0.2) is 43.0 Å². The van der Waals surface area contributed by atoms with Crippen LogP contribution >= 0.6 is 0 Å². The monoisotopic (exact) mass is 227 g/mol. The minimum atomic E-state index is -0.279. The van der Waals surface area contributed by atoms with Gasteiger partial charge in [-0.05, 0) is 17.5 Å². The second-order valence-electron chi connectivity index (χ2n) is 3.79. The summed E-state index contributed by atoms with van der Waals surface area (Å²) >= 11 is 0. The zero-order valence-corrected chi connectivity index (χ0v) is 9.34. The van der Waals surface area contributed by atoms with Gasteiger partial charge in [0.1, 0.15) is 6.33 Å². The number of rotatable bonds is 4. The van der Waals surface area contributed by atoms with E-state index >= 15 is 0 Å². The van der Waals surface area contributed by atoms with E-state index in [2.05, 4.69) is 9.97 Å². The fourth-order valence-electron chi connectivity index (χ4n) is 1.62. The molecular weight excluding hydrogens is 214 g/mol. The summed E-state index contributed by atoms with van der Waals surface area (Å²) in [5.41, 5.74) is 8.23. The van der Waals surface area contributed by atoms with Crippen molar-refractivity contribution in [2.75, 3.05) is 0 Å². The van der Waals surface area contributed by atoms with Gasteiger partial charge in [0.15, 0.2) is 0 Å². The molecule has 17 heavy (non-hydrogen) atoms. The van der Waals surface area contributed by atoms with Crippen LogP contribution in [0.3, 0.4) is 0 Å². The first-order valence-electron chi connectivity index (χ1n) is 5.38. The van der Waals surface area contributed by atoms with Crippen molar-refractivity contribution in [3.05, 3.63) is 48.5 Å². The molecular formula is C13H13N3O. The number of aromatic nitrogens is 2. The summed E-state index contributed by atoms with van der Waals surface area (Å²) in [5.74, 6) is -0.279. The van der Waals surface area contributed by atoms with Crippen molar-refractivity contribution >= 4 is 5.91 Å². The van der Waals surface area contributed by atoms with E-state index in [4.69, 9.17) is 5.73 Å². The molecule has 0 saturated carbocycles. The summed E-state index contributed by atoms with van der Waals surface area (Å²) in [6.45, 7) is 0. The summed E-state index contributed by atoms with van der Waals surface area (Å²) < 4.78 is 0. The zero-order valence-electron chi connectivity index (χ0n) is 9.34. The molecule has 1 amide bonds. The fraction of sp³-hybridized carbons (Fsp3) is 0.154. The van der Waals surface area contributed by atoms with Crippen molar-refractivity contribution in [1.82, 2.24) is 9.97 Å². The summed E-state index contributed by atoms with van der Waals surface area (Å²) in [7, 11) is 0. The molecule has 4 nitrogen and oxygen atoms in total. The van der Waals surface area contributed by atoms with Crippen molar-refractivity contribution in [1.29, 1.82) is 0 Å². The molecule has 0 unspecified atom stereocenters. The molecule has 2 N–H and O–H groups in total. The number of nitrogens with two attached hydrogens (primary N) is 1. The maximum absolute atomic E-state index is 10.7. The minimum absolute atomic E-state index is 0.279. The van der Waals surface area contributed by atoms with E-state index in [9.17, 15) is 4.79 Å². The van der Waals surface area contributed by atoms with Crippen molar-refractivity contribution in [3.8, 4) is 11.1 Å². The number of hydrogen-bond acceptors (Lipinski definition) is 3. The van der Waals surface area contributed by atoms with Gasteiger partial charge in [-0.1, -0.05) is 24.3 Å². The average molecular weight is 227 g/mol. The number of benzene rings is 1. The highest BCUT2D eigenvalue weighted by Crippen LogP contribution is 2.18. The number of hydrogen-bond donors (Lipinski definition) is 1. The number of primary amides is 1. The third kappa shape index (κ3) is 3.11. The Morgan fingerprint density at radius 1 is 1.18 bits per heavy atom. The molecule has 2 aromatic rings. The minimum Gasteiger partial charge on any atom is -0.370 e. The zero-order chi connectivity index (χ0) is 12.1. The largest absolute Gasteiger partial charge is 0.370 e. The van der Waals surface area contributed by atoms with Crippen LogP contribution in [-0.4, -0.2) is 15.9 Å². The van der Waals surface area contributed by atoms with E-state index in [-0.39, 0.29) is 5.91 Å². The summed E-state index contributed by atoms with van der Waals surface area (Å²) in [6.07, 6.45) is 6.06. The molecule has 0 saturated heterocycles. The molecule has 2 rings (SSSR count). The lowest BCUT2D eigenvalue weighted by molar-refractivity contribution is -0.117. The van der Waals surface area contributed by atoms with Gasteiger partial charge in [-0.25, -0.2) is 9.97 Å². The first-order valence-corrected chi connectivity index (χ1v) is 5.38. The molecule has 0 aliphatic rings. The standard InChI is InChI=1S/C13H13N3O/c14-13(17)5-4-10-2-1-3-11(6-10)12-7-15-9-16-8-12/h1-3,6-9H,4-5H2,(H2,14,17). The molecule has 1 aromatic heterocycles. The summed E-state index contributed by atoms with van der Waals surface area (Å²) in [4.78, 5) is 18.7. The van der Waals surface area contributed by atoms with Crippen LogP contribution in [0.4, 0.5) is 0 Å². The highest BCUT2D eigenvalue weighted by atomic mass is 16.1. The molecule has 1 heterocycles. The quantitative estimate of drug-likeness (QED) is 0.861. The van der Waals surface area contributed by atoms with E-state index in [1.165, 1.54) is 6.33 Å². The Labute approximate surface area is 99.5 Å². The van der Waals surface area contributed by atoms with Gasteiger partial charge < -0.3 is 5.73 Å². The number of carbonyl (C=O) groups is 1. The topological polar surface area (TPSA) is 68.9 Å². The van der Waals surface area contributed by atoms with Crippen LogP contribution in [0, 0.1) is 0 Å². The molecule has 0 aliphatic heterocycles. The highest BCUT2D eigenvalue weighted by Gasteiger charge is 2.01. The normalized spacial score (nSPS) is 10.1. The van der Waals surface area contributed by atoms with Crippen molar-refractivity contribution in [2.45, 2.75) is 12.8 Å². The first-order chi connectivity index (χ1) is 8.25. The average Bonchev–Trinajstić information content (AvgIpc) is 2.38. The van der Waals surface area contributed by atoms with Gasteiger partial charge in [-0.15, -0.1) is 0 Å². The Kier molecular flexibility index (Phi) is 3.45. The van der Waals surface area contributed by atoms with Crippen molar-refractivity contribution < 1.29 is 4.79 Å².